The molecule has 5 nitrogen and oxygen atoms in total. The Labute approximate surface area is 59.0 Å². The number of carbonyl (C=O) groups is 2. The molecule has 0 fully saturated rings. The first kappa shape index (κ1) is 8.90. The Morgan fingerprint density at radius 2 is 2.10 bits per heavy atom. The summed E-state index contributed by atoms with van der Waals surface area (Å²) >= 11 is 0. The van der Waals surface area contributed by atoms with Gasteiger partial charge in [0, 0.05) is 13.0 Å². The summed E-state index contributed by atoms with van der Waals surface area (Å²) in [5.41, 5.74) is 4.67. The van der Waals surface area contributed by atoms with Gasteiger partial charge in [-0.3, -0.25) is 10.1 Å². The van der Waals surface area contributed by atoms with E-state index in [0.29, 0.717) is 6.54 Å². The number of nitrogens with two attached hydrogens (primary N) is 1. The number of amides is 3. The van der Waals surface area contributed by atoms with Crippen LogP contribution in [0.4, 0.5) is 4.79 Å². The van der Waals surface area contributed by atoms with Crippen molar-refractivity contribution < 1.29 is 9.59 Å². The monoisotopic (exact) mass is 145 g/mol. The number of hydrogen-bond acceptors (Lipinski definition) is 3. The minimum absolute atomic E-state index is 0.263. The van der Waals surface area contributed by atoms with Crippen molar-refractivity contribution in [3.63, 3.8) is 0 Å². The summed E-state index contributed by atoms with van der Waals surface area (Å²) < 4.78 is 0. The van der Waals surface area contributed by atoms with Crippen molar-refractivity contribution in [1.82, 2.24) is 10.6 Å². The molecular weight excluding hydrogens is 134 g/mol. The highest BCUT2D eigenvalue weighted by atomic mass is 16.2. The quantitative estimate of drug-likeness (QED) is 0.466. The first-order chi connectivity index (χ1) is 4.66. The zero-order valence-electron chi connectivity index (χ0n) is 5.81. The fraction of sp³-hybridized carbons (Fsp3) is 0.600. The largest absolute Gasteiger partial charge is 0.351 e. The smallest absolute Gasteiger partial charge is 0.318 e. The van der Waals surface area contributed by atoms with Gasteiger partial charge in [0.05, 0.1) is 0 Å². The third-order valence-corrected chi connectivity index (χ3v) is 0.865. The number of carbonyl (C=O) groups excluding carboxylic acids is 2. The van der Waals surface area contributed by atoms with Crippen LogP contribution in [-0.4, -0.2) is 25.5 Å². The average Bonchev–Trinajstić information content (AvgIpc) is 1.82. The zero-order valence-corrected chi connectivity index (χ0v) is 5.81. The maximum absolute atomic E-state index is 10.6. The first-order valence-corrected chi connectivity index (χ1v) is 2.90. The van der Waals surface area contributed by atoms with Gasteiger partial charge < -0.3 is 11.1 Å². The molecule has 0 atom stereocenters. The molecule has 0 saturated heterocycles. The lowest BCUT2D eigenvalue weighted by Gasteiger charge is -1.98. The van der Waals surface area contributed by atoms with Gasteiger partial charge >= 0.3 is 6.03 Å². The summed E-state index contributed by atoms with van der Waals surface area (Å²) in [6.45, 7) is 0.541. The second-order valence-electron chi connectivity index (χ2n) is 1.77. The number of primary amides is 1. The summed E-state index contributed by atoms with van der Waals surface area (Å²) in [4.78, 5) is 20.6. The predicted molar refractivity (Wildman–Crippen MR) is 36.3 cm³/mol. The van der Waals surface area contributed by atoms with Crippen molar-refractivity contribution in [2.45, 2.75) is 6.42 Å². The third kappa shape index (κ3) is 5.04. The molecule has 5 heteroatoms. The second kappa shape index (κ2) is 4.75. The van der Waals surface area contributed by atoms with E-state index >= 15 is 0 Å². The van der Waals surface area contributed by atoms with E-state index < -0.39 is 6.03 Å². The van der Waals surface area contributed by atoms with E-state index in [1.54, 1.807) is 7.05 Å². The van der Waals surface area contributed by atoms with Crippen molar-refractivity contribution in [2.24, 2.45) is 5.73 Å². The van der Waals surface area contributed by atoms with Crippen LogP contribution < -0.4 is 16.4 Å². The van der Waals surface area contributed by atoms with Gasteiger partial charge in [-0.1, -0.05) is 0 Å². The van der Waals surface area contributed by atoms with Crippen LogP contribution in [0, 0.1) is 0 Å². The predicted octanol–water partition coefficient (Wildman–Crippen LogP) is -1.21. The lowest BCUT2D eigenvalue weighted by Crippen LogP contribution is -2.36. The molecule has 0 bridgehead atoms. The Morgan fingerprint density at radius 3 is 2.50 bits per heavy atom. The minimum atomic E-state index is -0.805. The van der Waals surface area contributed by atoms with Gasteiger partial charge in [0.15, 0.2) is 0 Å². The van der Waals surface area contributed by atoms with Crippen molar-refractivity contribution in [3.8, 4) is 0 Å². The van der Waals surface area contributed by atoms with E-state index in [9.17, 15) is 9.59 Å². The molecule has 0 rings (SSSR count). The Kier molecular flexibility index (Phi) is 4.23. The molecule has 0 aliphatic carbocycles. The standard InChI is InChI=1S/C5H11N3O2/c1-7-3-2-4(9)8-5(6)10/h7H,2-3H2,1H3,(H3,6,8,9,10). The van der Waals surface area contributed by atoms with Crippen LogP contribution >= 0.6 is 0 Å². The van der Waals surface area contributed by atoms with E-state index in [4.69, 9.17) is 0 Å². The van der Waals surface area contributed by atoms with Crippen molar-refractivity contribution in [2.75, 3.05) is 13.6 Å². The van der Waals surface area contributed by atoms with Crippen LogP contribution in [-0.2, 0) is 4.79 Å². The highest BCUT2D eigenvalue weighted by molar-refractivity contribution is 5.93. The molecule has 0 aliphatic heterocycles. The van der Waals surface area contributed by atoms with Gasteiger partial charge in [0.1, 0.15) is 0 Å². The summed E-state index contributed by atoms with van der Waals surface area (Å²) in [6, 6.07) is -0.805. The average molecular weight is 145 g/mol. The molecule has 0 aromatic heterocycles. The molecule has 0 spiro atoms. The molecule has 0 aliphatic rings. The van der Waals surface area contributed by atoms with E-state index in [1.807, 2.05) is 5.32 Å². The van der Waals surface area contributed by atoms with Crippen LogP contribution in [0.5, 0.6) is 0 Å². The Hall–Kier alpha value is -1.10. The number of urea groups is 1. The normalized spacial score (nSPS) is 8.90. The van der Waals surface area contributed by atoms with Gasteiger partial charge in [0.25, 0.3) is 0 Å². The van der Waals surface area contributed by atoms with E-state index in [-0.39, 0.29) is 12.3 Å². The van der Waals surface area contributed by atoms with E-state index in [2.05, 4.69) is 11.1 Å². The molecule has 0 radical (unpaired) electrons. The molecule has 0 aromatic rings. The van der Waals surface area contributed by atoms with E-state index in [1.165, 1.54) is 0 Å². The Balaban J connectivity index is 3.35. The fourth-order valence-corrected chi connectivity index (χ4v) is 0.438. The van der Waals surface area contributed by atoms with E-state index in [0.717, 1.165) is 0 Å². The molecule has 0 saturated carbocycles. The molecule has 4 N–H and O–H groups in total. The summed E-state index contributed by atoms with van der Waals surface area (Å²) in [6.07, 6.45) is 0.263. The minimum Gasteiger partial charge on any atom is -0.351 e. The van der Waals surface area contributed by atoms with Crippen LogP contribution in [0.15, 0.2) is 0 Å². The third-order valence-electron chi connectivity index (χ3n) is 0.865. The lowest BCUT2D eigenvalue weighted by molar-refractivity contribution is -0.119. The molecule has 3 amide bonds. The highest BCUT2D eigenvalue weighted by Gasteiger charge is 2.00. The topological polar surface area (TPSA) is 84.2 Å². The van der Waals surface area contributed by atoms with Gasteiger partial charge in [-0.05, 0) is 7.05 Å². The summed E-state index contributed by atoms with van der Waals surface area (Å²) in [7, 11) is 1.72. The number of hydrogen-bond donors (Lipinski definition) is 3. The first-order valence-electron chi connectivity index (χ1n) is 2.90. The number of imide groups is 1. The zero-order chi connectivity index (χ0) is 7.98. The molecular formula is C5H11N3O2. The van der Waals surface area contributed by atoms with Gasteiger partial charge in [-0.25, -0.2) is 4.79 Å². The van der Waals surface area contributed by atoms with Crippen molar-refractivity contribution in [1.29, 1.82) is 0 Å². The summed E-state index contributed by atoms with van der Waals surface area (Å²) in [5.74, 6) is -0.359. The Bertz CT molecular complexity index is 135. The van der Waals surface area contributed by atoms with Crippen LogP contribution in [0.2, 0.25) is 0 Å². The van der Waals surface area contributed by atoms with Gasteiger partial charge in [-0.2, -0.15) is 0 Å². The summed E-state index contributed by atoms with van der Waals surface area (Å²) in [5, 5.41) is 4.70. The SMILES string of the molecule is CNCCC(=O)NC(N)=O. The van der Waals surface area contributed by atoms with Crippen molar-refractivity contribution >= 4 is 11.9 Å². The van der Waals surface area contributed by atoms with Gasteiger partial charge in [-0.15, -0.1) is 0 Å². The number of rotatable bonds is 3. The lowest BCUT2D eigenvalue weighted by atomic mass is 10.4. The molecule has 0 aromatic carbocycles. The fourth-order valence-electron chi connectivity index (χ4n) is 0.438. The van der Waals surface area contributed by atoms with Gasteiger partial charge in [0.2, 0.25) is 5.91 Å². The molecule has 0 unspecified atom stereocenters. The molecule has 58 valence electrons. The maximum atomic E-state index is 10.6. The van der Waals surface area contributed by atoms with Crippen LogP contribution in [0.25, 0.3) is 0 Å². The molecule has 10 heavy (non-hydrogen) atoms. The van der Waals surface area contributed by atoms with Crippen LogP contribution in [0.1, 0.15) is 6.42 Å². The second-order valence-corrected chi connectivity index (χ2v) is 1.77. The maximum Gasteiger partial charge on any atom is 0.318 e. The van der Waals surface area contributed by atoms with Crippen LogP contribution in [0.3, 0.4) is 0 Å². The Morgan fingerprint density at radius 1 is 1.50 bits per heavy atom. The number of nitrogens with one attached hydrogen (secondary N) is 2. The molecule has 0 heterocycles. The highest BCUT2D eigenvalue weighted by Crippen LogP contribution is 1.74. The van der Waals surface area contributed by atoms with Crippen molar-refractivity contribution in [3.05, 3.63) is 0 Å².